The highest BCUT2D eigenvalue weighted by Gasteiger charge is 2.29. The van der Waals surface area contributed by atoms with Gasteiger partial charge in [-0.05, 0) is 68.0 Å². The third-order valence-corrected chi connectivity index (χ3v) is 8.00. The van der Waals surface area contributed by atoms with Gasteiger partial charge in [0.05, 0.1) is 11.4 Å². The van der Waals surface area contributed by atoms with E-state index in [0.29, 0.717) is 47.9 Å². The molecule has 0 bridgehead atoms. The van der Waals surface area contributed by atoms with Gasteiger partial charge in [0.1, 0.15) is 5.82 Å². The van der Waals surface area contributed by atoms with Gasteiger partial charge in [0, 0.05) is 47.5 Å². The number of carbonyl (C=O) groups excluding carboxylic acids is 3. The molecule has 2 fully saturated rings. The lowest BCUT2D eigenvalue weighted by Crippen LogP contribution is -2.39. The third kappa shape index (κ3) is 4.85. The highest BCUT2D eigenvalue weighted by Crippen LogP contribution is 2.28. The number of hydrogen-bond acceptors (Lipinski definition) is 4. The Morgan fingerprint density at radius 2 is 1.77 bits per heavy atom. The summed E-state index contributed by atoms with van der Waals surface area (Å²) < 4.78 is 13.2. The van der Waals surface area contributed by atoms with E-state index in [1.54, 1.807) is 34.9 Å². The molecule has 35 heavy (non-hydrogen) atoms. The number of halogens is 1. The average Bonchev–Trinajstić information content (AvgIpc) is 3.52. The van der Waals surface area contributed by atoms with Gasteiger partial charge in [-0.2, -0.15) is 0 Å². The molecule has 6 nitrogen and oxygen atoms in total. The van der Waals surface area contributed by atoms with Crippen LogP contribution in [0, 0.1) is 18.7 Å². The van der Waals surface area contributed by atoms with Crippen molar-refractivity contribution in [2.45, 2.75) is 26.2 Å². The molecule has 0 saturated carbocycles. The molecule has 0 aliphatic carbocycles. The first kappa shape index (κ1) is 23.6. The zero-order chi connectivity index (χ0) is 24.5. The fourth-order valence-electron chi connectivity index (χ4n) is 5.04. The van der Waals surface area contributed by atoms with Crippen LogP contribution in [0.25, 0.3) is 10.9 Å². The monoisotopic (exact) mass is 493 g/mol. The molecule has 3 heterocycles. The number of aromatic nitrogens is 1. The second-order valence-corrected chi connectivity index (χ2v) is 10.5. The summed E-state index contributed by atoms with van der Waals surface area (Å²) in [6, 6.07) is 11.7. The van der Waals surface area contributed by atoms with E-state index in [0.717, 1.165) is 41.8 Å². The molecule has 1 aromatic heterocycles. The van der Waals surface area contributed by atoms with Crippen LogP contribution < -0.4 is 0 Å². The number of ketones is 1. The zero-order valence-electron chi connectivity index (χ0n) is 19.7. The number of rotatable bonds is 5. The molecular weight excluding hydrogens is 465 g/mol. The number of carbonyl (C=O) groups is 3. The number of piperidine rings is 1. The molecule has 0 atom stereocenters. The van der Waals surface area contributed by atoms with Gasteiger partial charge < -0.3 is 14.8 Å². The van der Waals surface area contributed by atoms with Gasteiger partial charge in [0.2, 0.25) is 5.78 Å². The van der Waals surface area contributed by atoms with E-state index >= 15 is 0 Å². The van der Waals surface area contributed by atoms with Crippen LogP contribution in [0.3, 0.4) is 0 Å². The van der Waals surface area contributed by atoms with E-state index in [9.17, 15) is 18.8 Å². The summed E-state index contributed by atoms with van der Waals surface area (Å²) in [6.45, 7) is 3.76. The van der Waals surface area contributed by atoms with Crippen LogP contribution in [0.5, 0.6) is 0 Å². The van der Waals surface area contributed by atoms with E-state index in [1.165, 1.54) is 12.1 Å². The summed E-state index contributed by atoms with van der Waals surface area (Å²) in [5, 5.41) is 0.676. The smallest absolute Gasteiger partial charge is 0.295 e. The number of amides is 2. The SMILES string of the molecule is Cc1[nH]c2ccc(C(=O)C(=O)N3CCSC3)cc2c1C(=O)N1CCC(Cc2ccc(F)cc2)CC1. The van der Waals surface area contributed by atoms with Crippen LogP contribution in [-0.4, -0.2) is 63.6 Å². The molecule has 8 heteroatoms. The Hall–Kier alpha value is -3.13. The van der Waals surface area contributed by atoms with Gasteiger partial charge in [-0.1, -0.05) is 12.1 Å². The number of fused-ring (bicyclic) bond motifs is 1. The second kappa shape index (κ2) is 9.85. The van der Waals surface area contributed by atoms with Crippen LogP contribution >= 0.6 is 11.8 Å². The molecular formula is C27H28FN3O3S. The molecule has 2 saturated heterocycles. The third-order valence-electron chi connectivity index (χ3n) is 7.04. The Labute approximate surface area is 207 Å². The number of aryl methyl sites for hydroxylation is 1. The molecule has 0 radical (unpaired) electrons. The maximum absolute atomic E-state index is 13.5. The topological polar surface area (TPSA) is 73.5 Å². The molecule has 182 valence electrons. The highest BCUT2D eigenvalue weighted by atomic mass is 32.2. The molecule has 2 amide bonds. The van der Waals surface area contributed by atoms with E-state index in [-0.39, 0.29) is 11.7 Å². The van der Waals surface area contributed by atoms with Gasteiger partial charge in [0.25, 0.3) is 11.8 Å². The lowest BCUT2D eigenvalue weighted by Gasteiger charge is -2.32. The van der Waals surface area contributed by atoms with Crippen molar-refractivity contribution in [1.29, 1.82) is 0 Å². The first-order valence-electron chi connectivity index (χ1n) is 12.0. The van der Waals surface area contributed by atoms with Gasteiger partial charge >= 0.3 is 0 Å². The van der Waals surface area contributed by atoms with Crippen molar-refractivity contribution in [3.63, 3.8) is 0 Å². The fourth-order valence-corrected chi connectivity index (χ4v) is 5.98. The highest BCUT2D eigenvalue weighted by molar-refractivity contribution is 7.99. The lowest BCUT2D eigenvalue weighted by atomic mass is 9.90. The van der Waals surface area contributed by atoms with Crippen molar-refractivity contribution in [3.05, 3.63) is 70.7 Å². The fraction of sp³-hybridized carbons (Fsp3) is 0.370. The van der Waals surface area contributed by atoms with E-state index < -0.39 is 11.7 Å². The minimum absolute atomic E-state index is 0.0548. The van der Waals surface area contributed by atoms with Crippen molar-refractivity contribution in [3.8, 4) is 0 Å². The average molecular weight is 494 g/mol. The van der Waals surface area contributed by atoms with Crippen molar-refractivity contribution < 1.29 is 18.8 Å². The number of Topliss-reactive ketones (excluding diaryl/α,β-unsaturated/α-hetero) is 1. The number of hydrogen-bond donors (Lipinski definition) is 1. The Morgan fingerprint density at radius 3 is 2.46 bits per heavy atom. The number of aromatic amines is 1. The van der Waals surface area contributed by atoms with Crippen LogP contribution in [0.4, 0.5) is 4.39 Å². The number of likely N-dealkylation sites (tertiary alicyclic amines) is 1. The van der Waals surface area contributed by atoms with Crippen molar-refractivity contribution in [2.75, 3.05) is 31.3 Å². The minimum Gasteiger partial charge on any atom is -0.358 e. The zero-order valence-corrected chi connectivity index (χ0v) is 20.5. The predicted molar refractivity (Wildman–Crippen MR) is 135 cm³/mol. The first-order valence-corrected chi connectivity index (χ1v) is 13.1. The summed E-state index contributed by atoms with van der Waals surface area (Å²) in [5.41, 5.74) is 3.52. The van der Waals surface area contributed by atoms with E-state index in [4.69, 9.17) is 0 Å². The summed E-state index contributed by atoms with van der Waals surface area (Å²) in [4.78, 5) is 45.7. The maximum Gasteiger partial charge on any atom is 0.295 e. The van der Waals surface area contributed by atoms with Crippen LogP contribution in [-0.2, 0) is 11.2 Å². The first-order chi connectivity index (χ1) is 16.9. The number of nitrogens with zero attached hydrogens (tertiary/aromatic N) is 2. The summed E-state index contributed by atoms with van der Waals surface area (Å²) in [7, 11) is 0. The molecule has 1 N–H and O–H groups in total. The number of benzene rings is 2. The lowest BCUT2D eigenvalue weighted by molar-refractivity contribution is -0.125. The van der Waals surface area contributed by atoms with Crippen molar-refractivity contribution in [2.24, 2.45) is 5.92 Å². The van der Waals surface area contributed by atoms with Gasteiger partial charge in [0.15, 0.2) is 0 Å². The van der Waals surface area contributed by atoms with E-state index in [1.807, 2.05) is 24.0 Å². The largest absolute Gasteiger partial charge is 0.358 e. The van der Waals surface area contributed by atoms with Crippen LogP contribution in [0.15, 0.2) is 42.5 Å². The van der Waals surface area contributed by atoms with Crippen molar-refractivity contribution >= 4 is 40.3 Å². The number of nitrogens with one attached hydrogen (secondary N) is 1. The standard InChI is InChI=1S/C27H28FN3O3S/c1-17-24(26(33)30-10-8-19(9-11-30)14-18-2-5-21(28)6-3-18)22-15-20(4-7-23(22)29-17)25(32)27(34)31-12-13-35-16-31/h2-7,15,19,29H,8-14,16H2,1H3. The van der Waals surface area contributed by atoms with Crippen molar-refractivity contribution in [1.82, 2.24) is 14.8 Å². The quantitative estimate of drug-likeness (QED) is 0.422. The molecule has 5 rings (SSSR count). The van der Waals surface area contributed by atoms with Crippen LogP contribution in [0.2, 0.25) is 0 Å². The molecule has 0 unspecified atom stereocenters. The Bertz CT molecular complexity index is 1270. The molecule has 2 aromatic carbocycles. The number of H-pyrrole nitrogens is 1. The molecule has 0 spiro atoms. The van der Waals surface area contributed by atoms with Gasteiger partial charge in [-0.3, -0.25) is 14.4 Å². The minimum atomic E-state index is -0.534. The molecule has 2 aliphatic rings. The normalized spacial score (nSPS) is 16.7. The van der Waals surface area contributed by atoms with Gasteiger partial charge in [-0.25, -0.2) is 4.39 Å². The van der Waals surface area contributed by atoms with Gasteiger partial charge in [-0.15, -0.1) is 11.8 Å². The summed E-state index contributed by atoms with van der Waals surface area (Å²) in [5.74, 6) is 0.525. The summed E-state index contributed by atoms with van der Waals surface area (Å²) in [6.07, 6.45) is 2.65. The second-order valence-electron chi connectivity index (χ2n) is 9.39. The Morgan fingerprint density at radius 1 is 1.03 bits per heavy atom. The number of thioether (sulfide) groups is 1. The maximum atomic E-state index is 13.5. The predicted octanol–water partition coefficient (Wildman–Crippen LogP) is 4.43. The van der Waals surface area contributed by atoms with Crippen LogP contribution in [0.1, 0.15) is 44.8 Å². The summed E-state index contributed by atoms with van der Waals surface area (Å²) >= 11 is 1.63. The molecule has 2 aliphatic heterocycles. The molecule has 3 aromatic rings. The Balaban J connectivity index is 1.30. The van der Waals surface area contributed by atoms with E-state index in [2.05, 4.69) is 4.98 Å². The Kier molecular flexibility index (Phi) is 6.65.